The van der Waals surface area contributed by atoms with Crippen LogP contribution in [0.5, 0.6) is 0 Å². The van der Waals surface area contributed by atoms with Gasteiger partial charge in [0.1, 0.15) is 6.04 Å². The lowest BCUT2D eigenvalue weighted by molar-refractivity contribution is -0.136. The van der Waals surface area contributed by atoms with Gasteiger partial charge in [0.05, 0.1) is 28.4 Å². The second kappa shape index (κ2) is 8.35. The highest BCUT2D eigenvalue weighted by Gasteiger charge is 2.45. The molecule has 10 nitrogen and oxygen atoms in total. The number of carbonyl (C=O) groups is 4. The minimum Gasteiger partial charge on any atom is -0.385 e. The quantitative estimate of drug-likeness (QED) is 0.474. The van der Waals surface area contributed by atoms with E-state index in [-0.39, 0.29) is 24.0 Å². The number of rotatable bonds is 4. The highest BCUT2D eigenvalue weighted by Crippen LogP contribution is 2.37. The van der Waals surface area contributed by atoms with E-state index in [1.54, 1.807) is 24.4 Å². The van der Waals surface area contributed by atoms with Crippen molar-refractivity contribution in [3.05, 3.63) is 64.8 Å². The first-order chi connectivity index (χ1) is 17.3. The van der Waals surface area contributed by atoms with Gasteiger partial charge in [-0.3, -0.25) is 39.4 Å². The Balaban J connectivity index is 1.17. The molecule has 0 bridgehead atoms. The molecular formula is C26H25N5O5. The molecule has 3 aliphatic heterocycles. The summed E-state index contributed by atoms with van der Waals surface area (Å²) in [5.41, 5.74) is 2.03. The zero-order valence-corrected chi connectivity index (χ0v) is 19.5. The first-order valence-electron chi connectivity index (χ1n) is 12.1. The molecule has 2 fully saturated rings. The van der Waals surface area contributed by atoms with E-state index in [0.717, 1.165) is 22.3 Å². The van der Waals surface area contributed by atoms with Crippen LogP contribution in [0.3, 0.4) is 0 Å². The average molecular weight is 488 g/mol. The Bertz CT molecular complexity index is 1420. The Morgan fingerprint density at radius 3 is 2.56 bits per heavy atom. The number of carbonyl (C=O) groups excluding carboxylic acids is 4. The molecule has 0 aliphatic carbocycles. The van der Waals surface area contributed by atoms with Gasteiger partial charge in [-0.15, -0.1) is 0 Å². The lowest BCUT2D eigenvalue weighted by Crippen LogP contribution is -2.54. The van der Waals surface area contributed by atoms with Crippen molar-refractivity contribution in [1.82, 2.24) is 25.3 Å². The Kier molecular flexibility index (Phi) is 5.24. The molecule has 3 N–H and O–H groups in total. The van der Waals surface area contributed by atoms with Gasteiger partial charge in [0.15, 0.2) is 0 Å². The number of aromatic nitrogens is 2. The monoisotopic (exact) mass is 487 g/mol. The number of benzene rings is 2. The van der Waals surface area contributed by atoms with E-state index < -0.39 is 35.3 Å². The van der Waals surface area contributed by atoms with Crippen molar-refractivity contribution in [3.8, 4) is 0 Å². The minimum absolute atomic E-state index is 0.0707. The van der Waals surface area contributed by atoms with E-state index in [1.807, 2.05) is 6.07 Å². The number of fused-ring (bicyclic) bond motifs is 2. The van der Waals surface area contributed by atoms with Crippen LogP contribution in [0.2, 0.25) is 0 Å². The summed E-state index contributed by atoms with van der Waals surface area (Å²) in [4.78, 5) is 53.1. The lowest BCUT2D eigenvalue weighted by atomic mass is 9.83. The molecule has 184 valence electrons. The minimum atomic E-state index is -1.12. The maximum absolute atomic E-state index is 13.1. The SMILES string of the molecule is O=C1CCC(N2C(=O)c3ccc(C4(O)CCN(Cc5ccc6[nH]ncc6c5)CC4)cc3C2=O)C(=O)N1. The Morgan fingerprint density at radius 2 is 1.78 bits per heavy atom. The van der Waals surface area contributed by atoms with Gasteiger partial charge >= 0.3 is 0 Å². The fourth-order valence-corrected chi connectivity index (χ4v) is 5.48. The molecule has 1 atom stereocenters. The molecule has 1 aromatic heterocycles. The summed E-state index contributed by atoms with van der Waals surface area (Å²) >= 11 is 0. The van der Waals surface area contributed by atoms with Crippen LogP contribution in [-0.4, -0.2) is 67.9 Å². The van der Waals surface area contributed by atoms with E-state index >= 15 is 0 Å². The predicted molar refractivity (Wildman–Crippen MR) is 128 cm³/mol. The molecule has 2 aromatic carbocycles. The largest absolute Gasteiger partial charge is 0.385 e. The molecule has 4 amide bonds. The van der Waals surface area contributed by atoms with Crippen LogP contribution in [0, 0.1) is 0 Å². The Morgan fingerprint density at radius 1 is 1.00 bits per heavy atom. The van der Waals surface area contributed by atoms with Crippen molar-refractivity contribution in [2.24, 2.45) is 0 Å². The third-order valence-corrected chi connectivity index (χ3v) is 7.57. The highest BCUT2D eigenvalue weighted by atomic mass is 16.3. The van der Waals surface area contributed by atoms with Gasteiger partial charge in [-0.05, 0) is 54.7 Å². The van der Waals surface area contributed by atoms with E-state index in [0.29, 0.717) is 31.5 Å². The number of imide groups is 2. The molecule has 1 unspecified atom stereocenters. The maximum atomic E-state index is 13.1. The predicted octanol–water partition coefficient (Wildman–Crippen LogP) is 1.45. The van der Waals surface area contributed by atoms with Crippen LogP contribution in [0.1, 0.15) is 57.5 Å². The van der Waals surface area contributed by atoms with Crippen LogP contribution in [-0.2, 0) is 21.7 Å². The summed E-state index contributed by atoms with van der Waals surface area (Å²) in [6.07, 6.45) is 2.95. The Labute approximate surface area is 206 Å². The van der Waals surface area contributed by atoms with E-state index in [9.17, 15) is 24.3 Å². The molecular weight excluding hydrogens is 462 g/mol. The fourth-order valence-electron chi connectivity index (χ4n) is 5.48. The van der Waals surface area contributed by atoms with Crippen LogP contribution >= 0.6 is 0 Å². The molecule has 4 heterocycles. The molecule has 6 rings (SSSR count). The smallest absolute Gasteiger partial charge is 0.262 e. The summed E-state index contributed by atoms with van der Waals surface area (Å²) in [5, 5.41) is 21.7. The number of nitrogens with one attached hydrogen (secondary N) is 2. The molecule has 36 heavy (non-hydrogen) atoms. The fraction of sp³-hybridized carbons (Fsp3) is 0.346. The van der Waals surface area contributed by atoms with Crippen LogP contribution in [0.4, 0.5) is 0 Å². The number of aliphatic hydroxyl groups is 1. The molecule has 3 aromatic rings. The maximum Gasteiger partial charge on any atom is 0.262 e. The van der Waals surface area contributed by atoms with E-state index in [4.69, 9.17) is 0 Å². The van der Waals surface area contributed by atoms with Gasteiger partial charge < -0.3 is 5.11 Å². The van der Waals surface area contributed by atoms with Gasteiger partial charge in [0, 0.05) is 31.4 Å². The molecule has 0 spiro atoms. The van der Waals surface area contributed by atoms with Gasteiger partial charge in [-0.1, -0.05) is 12.1 Å². The van der Waals surface area contributed by atoms with Crippen LogP contribution in [0.25, 0.3) is 10.9 Å². The van der Waals surface area contributed by atoms with Crippen molar-refractivity contribution in [2.45, 2.75) is 43.9 Å². The number of aromatic amines is 1. The van der Waals surface area contributed by atoms with Crippen molar-refractivity contribution in [1.29, 1.82) is 0 Å². The summed E-state index contributed by atoms with van der Waals surface area (Å²) in [6.45, 7) is 2.11. The highest BCUT2D eigenvalue weighted by molar-refractivity contribution is 6.23. The molecule has 2 saturated heterocycles. The first kappa shape index (κ1) is 22.6. The zero-order chi connectivity index (χ0) is 25.0. The van der Waals surface area contributed by atoms with Gasteiger partial charge in [0.2, 0.25) is 11.8 Å². The Hall–Kier alpha value is -3.89. The third-order valence-electron chi connectivity index (χ3n) is 7.57. The second-order valence-electron chi connectivity index (χ2n) is 9.81. The second-order valence-corrected chi connectivity index (χ2v) is 9.81. The van der Waals surface area contributed by atoms with Crippen LogP contribution in [0.15, 0.2) is 42.6 Å². The number of amides is 4. The van der Waals surface area contributed by atoms with Crippen molar-refractivity contribution in [3.63, 3.8) is 0 Å². The number of hydrogen-bond donors (Lipinski definition) is 3. The summed E-state index contributed by atoms with van der Waals surface area (Å²) in [6, 6.07) is 10.0. The topological polar surface area (TPSA) is 136 Å². The standard InChI is InChI=1S/C26H25N5O5/c32-22-6-5-21(23(33)28-22)31-24(34)18-3-2-17(12-19(18)25(31)35)26(36)7-9-30(10-8-26)14-15-1-4-20-16(11-15)13-27-29-20/h1-4,11-13,21,36H,5-10,14H2,(H,27,29)(H,28,32,33). The van der Waals surface area contributed by atoms with Gasteiger partial charge in [-0.2, -0.15) is 5.10 Å². The van der Waals surface area contributed by atoms with Gasteiger partial charge in [-0.25, -0.2) is 0 Å². The normalized spacial score (nSPS) is 22.2. The zero-order valence-electron chi connectivity index (χ0n) is 19.5. The van der Waals surface area contributed by atoms with Crippen molar-refractivity contribution < 1.29 is 24.3 Å². The van der Waals surface area contributed by atoms with Crippen LogP contribution < -0.4 is 5.32 Å². The van der Waals surface area contributed by atoms with Crippen molar-refractivity contribution in [2.75, 3.05) is 13.1 Å². The van der Waals surface area contributed by atoms with Gasteiger partial charge in [0.25, 0.3) is 11.8 Å². The summed E-state index contributed by atoms with van der Waals surface area (Å²) in [7, 11) is 0. The number of likely N-dealkylation sites (tertiary alicyclic amines) is 1. The number of hydrogen-bond acceptors (Lipinski definition) is 7. The first-order valence-corrected chi connectivity index (χ1v) is 12.1. The van der Waals surface area contributed by atoms with E-state index in [1.165, 1.54) is 5.56 Å². The van der Waals surface area contributed by atoms with E-state index in [2.05, 4.69) is 32.5 Å². The molecule has 3 aliphatic rings. The molecule has 0 saturated carbocycles. The third kappa shape index (κ3) is 3.69. The summed E-state index contributed by atoms with van der Waals surface area (Å²) < 4.78 is 0. The summed E-state index contributed by atoms with van der Waals surface area (Å²) in [5.74, 6) is -2.17. The average Bonchev–Trinajstić information content (AvgIpc) is 3.43. The lowest BCUT2D eigenvalue weighted by Gasteiger charge is -2.38. The number of piperidine rings is 2. The number of nitrogens with zero attached hydrogens (tertiary/aromatic N) is 3. The molecule has 10 heteroatoms. The van der Waals surface area contributed by atoms with Crippen molar-refractivity contribution >= 4 is 34.5 Å². The molecule has 0 radical (unpaired) electrons. The number of H-pyrrole nitrogens is 1.